The Hall–Kier alpha value is -2.72. The Labute approximate surface area is 203 Å². The second-order valence-corrected chi connectivity index (χ2v) is 9.81. The van der Waals surface area contributed by atoms with Gasteiger partial charge in [-0.25, -0.2) is 9.78 Å². The van der Waals surface area contributed by atoms with Crippen LogP contribution in [0.3, 0.4) is 0 Å². The monoisotopic (exact) mass is 508 g/mol. The van der Waals surface area contributed by atoms with Crippen LogP contribution in [0.2, 0.25) is 0 Å². The van der Waals surface area contributed by atoms with Gasteiger partial charge in [0.25, 0.3) is 0 Å². The number of halogens is 3. The summed E-state index contributed by atoms with van der Waals surface area (Å²) in [5.74, 6) is -1.61. The number of aromatic nitrogens is 1. The molecular formula is C24H23F3N2O3S2. The van der Waals surface area contributed by atoms with Gasteiger partial charge in [-0.15, -0.1) is 11.3 Å². The van der Waals surface area contributed by atoms with Gasteiger partial charge in [-0.05, 0) is 55.4 Å². The van der Waals surface area contributed by atoms with E-state index in [0.717, 1.165) is 21.2 Å². The lowest BCUT2D eigenvalue weighted by Crippen LogP contribution is -2.27. The summed E-state index contributed by atoms with van der Waals surface area (Å²) >= 11 is 2.78. The van der Waals surface area contributed by atoms with Gasteiger partial charge in [0.1, 0.15) is 15.8 Å². The smallest absolute Gasteiger partial charge is 0.391 e. The highest BCUT2D eigenvalue weighted by Crippen LogP contribution is 2.43. The number of carbonyl (C=O) groups is 1. The van der Waals surface area contributed by atoms with E-state index in [1.165, 1.54) is 42.5 Å². The fourth-order valence-corrected chi connectivity index (χ4v) is 5.71. The van der Waals surface area contributed by atoms with Gasteiger partial charge < -0.3 is 14.6 Å². The fraction of sp³-hybridized carbons (Fsp3) is 0.333. The number of methoxy groups -OCH3 is 1. The first-order chi connectivity index (χ1) is 16.2. The highest BCUT2D eigenvalue weighted by Gasteiger charge is 2.41. The van der Waals surface area contributed by atoms with Gasteiger partial charge >= 0.3 is 12.1 Å². The Morgan fingerprint density at radius 2 is 1.85 bits per heavy atom. The molecule has 1 saturated carbocycles. The average molecular weight is 509 g/mol. The molecule has 0 atom stereocenters. The molecule has 180 valence electrons. The van der Waals surface area contributed by atoms with Crippen LogP contribution in [0.5, 0.6) is 5.75 Å². The number of aromatic carboxylic acids is 1. The zero-order valence-electron chi connectivity index (χ0n) is 18.3. The van der Waals surface area contributed by atoms with Crippen molar-refractivity contribution in [2.75, 3.05) is 11.8 Å². The first kappa shape index (κ1) is 24.4. The third-order valence-corrected chi connectivity index (χ3v) is 7.80. The zero-order valence-corrected chi connectivity index (χ0v) is 19.9. The number of hydrogen-bond acceptors (Lipinski definition) is 6. The maximum absolute atomic E-state index is 12.9. The fourth-order valence-electron chi connectivity index (χ4n) is 4.11. The molecule has 0 saturated heterocycles. The van der Waals surface area contributed by atoms with Crippen molar-refractivity contribution in [1.82, 2.24) is 4.98 Å². The van der Waals surface area contributed by atoms with Crippen molar-refractivity contribution in [3.8, 4) is 16.3 Å². The molecule has 1 heterocycles. The van der Waals surface area contributed by atoms with E-state index in [4.69, 9.17) is 9.84 Å². The summed E-state index contributed by atoms with van der Waals surface area (Å²) in [7, 11) is 1.48. The lowest BCUT2D eigenvalue weighted by atomic mass is 9.78. The summed E-state index contributed by atoms with van der Waals surface area (Å²) in [6, 6.07) is 12.5. The van der Waals surface area contributed by atoms with Gasteiger partial charge in [0.15, 0.2) is 0 Å². The summed E-state index contributed by atoms with van der Waals surface area (Å²) in [5, 5.41) is 12.6. The van der Waals surface area contributed by atoms with Crippen LogP contribution in [-0.2, 0) is 0 Å². The second-order valence-electron chi connectivity index (χ2n) is 8.13. The number of alkyl halides is 3. The number of benzene rings is 2. The first-order valence-corrected chi connectivity index (χ1v) is 12.4. The van der Waals surface area contributed by atoms with E-state index in [1.54, 1.807) is 6.07 Å². The van der Waals surface area contributed by atoms with Crippen LogP contribution < -0.4 is 9.46 Å². The molecule has 10 heteroatoms. The number of rotatable bonds is 7. The third-order valence-electron chi connectivity index (χ3n) is 6.02. The van der Waals surface area contributed by atoms with Crippen LogP contribution in [0.1, 0.15) is 47.5 Å². The molecule has 34 heavy (non-hydrogen) atoms. The lowest BCUT2D eigenvalue weighted by Gasteiger charge is -2.30. The number of thiazole rings is 1. The van der Waals surface area contributed by atoms with E-state index in [2.05, 4.69) is 9.71 Å². The van der Waals surface area contributed by atoms with E-state index in [9.17, 15) is 18.0 Å². The van der Waals surface area contributed by atoms with Crippen LogP contribution >= 0.6 is 23.3 Å². The number of anilines is 1. The molecule has 0 radical (unpaired) electrons. The van der Waals surface area contributed by atoms with Crippen LogP contribution in [0.15, 0.2) is 52.9 Å². The predicted molar refractivity (Wildman–Crippen MR) is 128 cm³/mol. The van der Waals surface area contributed by atoms with E-state index in [1.807, 2.05) is 29.6 Å². The van der Waals surface area contributed by atoms with Gasteiger partial charge in [-0.1, -0.05) is 24.3 Å². The zero-order chi connectivity index (χ0) is 24.3. The van der Waals surface area contributed by atoms with Crippen molar-refractivity contribution in [3.63, 3.8) is 0 Å². The van der Waals surface area contributed by atoms with Crippen molar-refractivity contribution in [2.24, 2.45) is 5.92 Å². The maximum atomic E-state index is 12.9. The molecule has 0 spiro atoms. The van der Waals surface area contributed by atoms with Crippen molar-refractivity contribution in [3.05, 3.63) is 59.0 Å². The van der Waals surface area contributed by atoms with Gasteiger partial charge in [0.2, 0.25) is 0 Å². The standard InChI is InChI=1S/C24H23F3N2O3S2/c1-32-20-12-17(23(30)31)8-11-19(20)29-34-21-13-33-22(28-21)16-4-2-14(3-5-16)15-6-9-18(10-7-15)24(25,26)27/h2-5,8,11-13,15,18,29H,6-7,9-10H2,1H3,(H,30,31)/t15-,18-. The number of carboxylic acids is 1. The Morgan fingerprint density at radius 1 is 1.15 bits per heavy atom. The number of nitrogens with one attached hydrogen (secondary N) is 1. The molecule has 1 fully saturated rings. The number of nitrogens with zero attached hydrogens (tertiary/aromatic N) is 1. The molecule has 0 amide bonds. The predicted octanol–water partition coefficient (Wildman–Crippen LogP) is 7.47. The molecular weight excluding hydrogens is 485 g/mol. The van der Waals surface area contributed by atoms with Gasteiger partial charge in [-0.3, -0.25) is 0 Å². The first-order valence-electron chi connectivity index (χ1n) is 10.7. The minimum absolute atomic E-state index is 0.139. The Bertz CT molecular complexity index is 1140. The second kappa shape index (κ2) is 10.3. The Balaban J connectivity index is 1.37. The number of ether oxygens (including phenoxy) is 1. The van der Waals surface area contributed by atoms with Crippen molar-refractivity contribution < 1.29 is 27.8 Å². The summed E-state index contributed by atoms with van der Waals surface area (Å²) in [6.07, 6.45) is -2.58. The molecule has 0 bridgehead atoms. The molecule has 2 N–H and O–H groups in total. The molecule has 2 aromatic carbocycles. The Kier molecular flexibility index (Phi) is 7.37. The molecule has 1 aromatic heterocycles. The van der Waals surface area contributed by atoms with Crippen LogP contribution in [-0.4, -0.2) is 29.3 Å². The number of carboxylic acid groups (broad SMARTS) is 1. The van der Waals surface area contributed by atoms with Gasteiger partial charge in [-0.2, -0.15) is 13.2 Å². The van der Waals surface area contributed by atoms with Gasteiger partial charge in [0, 0.05) is 22.9 Å². The quantitative estimate of drug-likeness (QED) is 0.323. The molecule has 0 unspecified atom stereocenters. The minimum Gasteiger partial charge on any atom is -0.495 e. The maximum Gasteiger partial charge on any atom is 0.391 e. The molecule has 5 nitrogen and oxygen atoms in total. The molecule has 1 aliphatic carbocycles. The van der Waals surface area contributed by atoms with Crippen molar-refractivity contribution >= 4 is 34.9 Å². The molecule has 1 aliphatic rings. The Morgan fingerprint density at radius 3 is 2.47 bits per heavy atom. The summed E-state index contributed by atoms with van der Waals surface area (Å²) in [6.45, 7) is 0. The summed E-state index contributed by atoms with van der Waals surface area (Å²) < 4.78 is 47.1. The average Bonchev–Trinajstić information content (AvgIpc) is 3.31. The topological polar surface area (TPSA) is 71.5 Å². The normalized spacial score (nSPS) is 18.5. The van der Waals surface area contributed by atoms with Crippen LogP contribution in [0.25, 0.3) is 10.6 Å². The van der Waals surface area contributed by atoms with Crippen LogP contribution in [0, 0.1) is 5.92 Å². The number of hydrogen-bond donors (Lipinski definition) is 2. The summed E-state index contributed by atoms with van der Waals surface area (Å²) in [4.78, 5) is 15.8. The third kappa shape index (κ3) is 5.67. The molecule has 3 aromatic rings. The highest BCUT2D eigenvalue weighted by atomic mass is 32.2. The van der Waals surface area contributed by atoms with Crippen molar-refractivity contribution in [1.29, 1.82) is 0 Å². The highest BCUT2D eigenvalue weighted by molar-refractivity contribution is 8.00. The van der Waals surface area contributed by atoms with E-state index >= 15 is 0 Å². The molecule has 0 aliphatic heterocycles. The minimum atomic E-state index is -4.09. The van der Waals surface area contributed by atoms with E-state index in [0.29, 0.717) is 24.3 Å². The SMILES string of the molecule is COc1cc(C(=O)O)ccc1NSc1csc(-c2ccc([C@H]3CC[C@H](C(F)(F)F)CC3)cc2)n1. The van der Waals surface area contributed by atoms with E-state index < -0.39 is 18.1 Å². The van der Waals surface area contributed by atoms with Gasteiger partial charge in [0.05, 0.1) is 24.3 Å². The van der Waals surface area contributed by atoms with Crippen LogP contribution in [0.4, 0.5) is 18.9 Å². The van der Waals surface area contributed by atoms with E-state index in [-0.39, 0.29) is 24.3 Å². The molecule has 4 rings (SSSR count). The largest absolute Gasteiger partial charge is 0.495 e. The lowest BCUT2D eigenvalue weighted by molar-refractivity contribution is -0.182. The summed E-state index contributed by atoms with van der Waals surface area (Å²) in [5.41, 5.74) is 2.80. The van der Waals surface area contributed by atoms with Crippen molar-refractivity contribution in [2.45, 2.75) is 42.8 Å².